The van der Waals surface area contributed by atoms with E-state index in [-0.39, 0.29) is 5.78 Å². The standard InChI is InChI=1S/C21H18ClNOS/c1-14(20-18(22)7-4-11-23-20)8-9-19(24)17-6-3-5-16-10-12-25-21(16)15(2)13-17/h3-7,10-13H,1,8-9H2,2H3. The normalized spacial score (nSPS) is 13.4. The molecular formula is C21H18ClNOS. The molecule has 0 saturated carbocycles. The number of fused-ring (bicyclic) bond motifs is 1. The van der Waals surface area contributed by atoms with Gasteiger partial charge in [-0.3, -0.25) is 9.78 Å². The third kappa shape index (κ3) is 4.06. The summed E-state index contributed by atoms with van der Waals surface area (Å²) in [5.74, 6) is 0.0946. The fourth-order valence-electron chi connectivity index (χ4n) is 2.72. The number of hydrogen-bond acceptors (Lipinski definition) is 3. The molecular weight excluding hydrogens is 350 g/mol. The Labute approximate surface area is 156 Å². The molecule has 126 valence electrons. The number of ketones is 1. The highest BCUT2D eigenvalue weighted by Crippen LogP contribution is 2.30. The van der Waals surface area contributed by atoms with Crippen molar-refractivity contribution < 1.29 is 4.79 Å². The van der Waals surface area contributed by atoms with Crippen molar-refractivity contribution in [1.29, 1.82) is 0 Å². The summed E-state index contributed by atoms with van der Waals surface area (Å²) >= 11 is 7.83. The van der Waals surface area contributed by atoms with E-state index in [2.05, 4.69) is 23.0 Å². The van der Waals surface area contributed by atoms with Gasteiger partial charge < -0.3 is 0 Å². The molecule has 0 spiro atoms. The van der Waals surface area contributed by atoms with Crippen LogP contribution >= 0.6 is 22.9 Å². The lowest BCUT2D eigenvalue weighted by Gasteiger charge is -2.09. The molecule has 0 aromatic carbocycles. The van der Waals surface area contributed by atoms with Crippen LogP contribution in [-0.4, -0.2) is 10.8 Å². The van der Waals surface area contributed by atoms with Crippen molar-refractivity contribution in [2.24, 2.45) is 0 Å². The van der Waals surface area contributed by atoms with Crippen molar-refractivity contribution in [1.82, 2.24) is 4.98 Å². The van der Waals surface area contributed by atoms with E-state index in [4.69, 9.17) is 11.6 Å². The molecule has 0 atom stereocenters. The van der Waals surface area contributed by atoms with Gasteiger partial charge in [-0.15, -0.1) is 11.3 Å². The maximum Gasteiger partial charge on any atom is 0.163 e. The predicted molar refractivity (Wildman–Crippen MR) is 108 cm³/mol. The van der Waals surface area contributed by atoms with Crippen LogP contribution in [0.1, 0.15) is 35.9 Å². The third-order valence-corrected chi connectivity index (χ3v) is 5.42. The second kappa shape index (κ2) is 7.77. The highest BCUT2D eigenvalue weighted by molar-refractivity contribution is 7.11. The zero-order valence-corrected chi connectivity index (χ0v) is 15.5. The topological polar surface area (TPSA) is 30.0 Å². The van der Waals surface area contributed by atoms with Gasteiger partial charge in [-0.05, 0) is 59.7 Å². The van der Waals surface area contributed by atoms with Crippen LogP contribution in [0.25, 0.3) is 17.2 Å². The third-order valence-electron chi connectivity index (χ3n) is 4.05. The molecule has 1 aliphatic rings. The van der Waals surface area contributed by atoms with Crippen LogP contribution in [0, 0.1) is 0 Å². The number of nitrogens with zero attached hydrogens (tertiary/aromatic N) is 1. The van der Waals surface area contributed by atoms with Gasteiger partial charge in [-0.1, -0.05) is 36.4 Å². The van der Waals surface area contributed by atoms with E-state index in [0.717, 1.165) is 11.1 Å². The van der Waals surface area contributed by atoms with Crippen LogP contribution in [0.5, 0.6) is 0 Å². The summed E-state index contributed by atoms with van der Waals surface area (Å²) in [5, 5.41) is 2.63. The Hall–Kier alpha value is -2.23. The van der Waals surface area contributed by atoms with E-state index in [0.29, 0.717) is 29.1 Å². The summed E-state index contributed by atoms with van der Waals surface area (Å²) in [6.45, 7) is 6.07. The fourth-order valence-corrected chi connectivity index (χ4v) is 3.84. The first-order chi connectivity index (χ1) is 12.1. The number of pyridine rings is 1. The predicted octanol–water partition coefficient (Wildman–Crippen LogP) is 6.22. The van der Waals surface area contributed by atoms with E-state index >= 15 is 0 Å². The summed E-state index contributed by atoms with van der Waals surface area (Å²) < 4.78 is 0. The summed E-state index contributed by atoms with van der Waals surface area (Å²) in [6, 6.07) is 5.65. The smallest absolute Gasteiger partial charge is 0.163 e. The molecule has 4 heteroatoms. The number of carbonyl (C=O) groups excluding carboxylic acids is 1. The minimum absolute atomic E-state index is 0.0946. The van der Waals surface area contributed by atoms with E-state index in [9.17, 15) is 4.79 Å². The van der Waals surface area contributed by atoms with E-state index in [1.165, 1.54) is 10.4 Å². The van der Waals surface area contributed by atoms with E-state index in [1.54, 1.807) is 29.7 Å². The van der Waals surface area contributed by atoms with Gasteiger partial charge in [0, 0.05) is 23.1 Å². The number of halogens is 1. The molecule has 0 N–H and O–H groups in total. The Balaban J connectivity index is 1.71. The molecule has 2 heterocycles. The molecule has 0 saturated heterocycles. The van der Waals surface area contributed by atoms with Crippen LogP contribution in [-0.2, 0) is 4.79 Å². The number of Topliss-reactive ketones (excluding diaryl/α,β-unsaturated/α-hetero) is 1. The van der Waals surface area contributed by atoms with Crippen LogP contribution in [0.3, 0.4) is 0 Å². The first-order valence-corrected chi connectivity index (χ1v) is 9.28. The Kier molecular flexibility index (Phi) is 5.47. The highest BCUT2D eigenvalue weighted by atomic mass is 35.5. The number of hydrogen-bond donors (Lipinski definition) is 0. The summed E-state index contributed by atoms with van der Waals surface area (Å²) in [7, 11) is 0. The molecule has 1 aliphatic carbocycles. The van der Waals surface area contributed by atoms with Crippen molar-refractivity contribution in [3.63, 3.8) is 0 Å². The van der Waals surface area contributed by atoms with E-state index in [1.807, 2.05) is 31.2 Å². The Morgan fingerprint density at radius 2 is 2.16 bits per heavy atom. The van der Waals surface area contributed by atoms with Gasteiger partial charge in [-0.25, -0.2) is 0 Å². The lowest BCUT2D eigenvalue weighted by atomic mass is 9.97. The van der Waals surface area contributed by atoms with Gasteiger partial charge in [0.05, 0.1) is 10.7 Å². The molecule has 0 radical (unpaired) electrons. The van der Waals surface area contributed by atoms with Crippen LogP contribution < -0.4 is 0 Å². The average Bonchev–Trinajstić information content (AvgIpc) is 3.05. The Morgan fingerprint density at radius 3 is 2.96 bits per heavy atom. The summed E-state index contributed by atoms with van der Waals surface area (Å²) in [5.41, 5.74) is 4.47. The molecule has 2 aromatic rings. The quantitative estimate of drug-likeness (QED) is 0.628. The molecule has 0 bridgehead atoms. The fraction of sp³-hybridized carbons (Fsp3) is 0.143. The number of carbonyl (C=O) groups is 1. The van der Waals surface area contributed by atoms with Gasteiger partial charge in [-0.2, -0.15) is 0 Å². The zero-order chi connectivity index (χ0) is 17.8. The molecule has 0 aliphatic heterocycles. The maximum atomic E-state index is 12.6. The minimum atomic E-state index is 0.0946. The second-order valence-corrected chi connectivity index (χ2v) is 7.20. The van der Waals surface area contributed by atoms with Gasteiger partial charge in [0.1, 0.15) is 0 Å². The molecule has 2 aromatic heterocycles. The van der Waals surface area contributed by atoms with Gasteiger partial charge in [0.25, 0.3) is 0 Å². The lowest BCUT2D eigenvalue weighted by molar-refractivity contribution is -0.115. The molecule has 3 rings (SSSR count). The van der Waals surface area contributed by atoms with Gasteiger partial charge in [0.15, 0.2) is 5.78 Å². The van der Waals surface area contributed by atoms with Crippen molar-refractivity contribution in [2.45, 2.75) is 19.8 Å². The average molecular weight is 368 g/mol. The van der Waals surface area contributed by atoms with Crippen molar-refractivity contribution in [3.05, 3.63) is 81.3 Å². The molecule has 0 amide bonds. The van der Waals surface area contributed by atoms with Crippen molar-refractivity contribution >= 4 is 45.9 Å². The molecule has 0 unspecified atom stereocenters. The van der Waals surface area contributed by atoms with Gasteiger partial charge in [0.2, 0.25) is 0 Å². The molecule has 0 fully saturated rings. The summed E-state index contributed by atoms with van der Waals surface area (Å²) in [6.07, 6.45) is 10.4. The SMILES string of the molecule is C=C(CCC(=O)C1=CC=Cc2ccsc2C(C)=C1)c1ncccc1Cl. The number of aromatic nitrogens is 1. The number of rotatable bonds is 5. The highest BCUT2D eigenvalue weighted by Gasteiger charge is 2.13. The zero-order valence-electron chi connectivity index (χ0n) is 14.0. The number of allylic oxidation sites excluding steroid dienone is 6. The van der Waals surface area contributed by atoms with Crippen molar-refractivity contribution in [2.75, 3.05) is 0 Å². The van der Waals surface area contributed by atoms with Crippen molar-refractivity contribution in [3.8, 4) is 0 Å². The Morgan fingerprint density at radius 1 is 1.32 bits per heavy atom. The second-order valence-electron chi connectivity index (χ2n) is 5.87. The number of thiophene rings is 1. The van der Waals surface area contributed by atoms with Crippen LogP contribution in [0.2, 0.25) is 5.02 Å². The van der Waals surface area contributed by atoms with Gasteiger partial charge >= 0.3 is 0 Å². The minimum Gasteiger partial charge on any atom is -0.294 e. The molecule has 2 nitrogen and oxygen atoms in total. The van der Waals surface area contributed by atoms with E-state index < -0.39 is 0 Å². The summed E-state index contributed by atoms with van der Waals surface area (Å²) in [4.78, 5) is 18.1. The molecule has 25 heavy (non-hydrogen) atoms. The maximum absolute atomic E-state index is 12.6. The van der Waals surface area contributed by atoms with Crippen LogP contribution in [0.15, 0.2) is 60.2 Å². The monoisotopic (exact) mass is 367 g/mol. The lowest BCUT2D eigenvalue weighted by Crippen LogP contribution is -2.02. The van der Waals surface area contributed by atoms with Crippen LogP contribution in [0.4, 0.5) is 0 Å². The largest absolute Gasteiger partial charge is 0.294 e. The first kappa shape index (κ1) is 17.6. The Bertz CT molecular complexity index is 917. The first-order valence-electron chi connectivity index (χ1n) is 8.02.